The average molecular weight is 445 g/mol. The number of methoxy groups -OCH3 is 2. The molecule has 6 heteroatoms. The molecule has 1 heterocycles. The van der Waals surface area contributed by atoms with Crippen molar-refractivity contribution in [1.82, 2.24) is 4.90 Å². The zero-order valence-corrected chi connectivity index (χ0v) is 18.4. The summed E-state index contributed by atoms with van der Waals surface area (Å²) < 4.78 is 23.6. The predicted molar refractivity (Wildman–Crippen MR) is 123 cm³/mol. The molecule has 1 saturated heterocycles. The Morgan fingerprint density at radius 1 is 1.00 bits per heavy atom. The fourth-order valence-corrected chi connectivity index (χ4v) is 4.22. The minimum Gasteiger partial charge on any atom is -0.497 e. The van der Waals surface area contributed by atoms with Crippen molar-refractivity contribution in [2.24, 2.45) is 5.41 Å². The lowest BCUT2D eigenvalue weighted by molar-refractivity contribution is -0.184. The van der Waals surface area contributed by atoms with Gasteiger partial charge in [0.25, 0.3) is 0 Å². The highest BCUT2D eigenvalue weighted by molar-refractivity contribution is 6.11. The standard InChI is InChI=1S/C27H24FNO4/c1-32-23-14-10-20(11-15-23)18-29-24(21-6-4-3-5-7-21)27(25(29)30,26(31)33-2)17-16-19-8-12-22(28)13-9-19/h3-17,24H,18H2,1-2H3/b17-16+/t24-,27+/m1/s1. The number of amides is 1. The van der Waals surface area contributed by atoms with Crippen molar-refractivity contribution in [1.29, 1.82) is 0 Å². The molecule has 0 spiro atoms. The molecule has 4 rings (SSSR count). The highest BCUT2D eigenvalue weighted by atomic mass is 19.1. The molecule has 0 unspecified atom stereocenters. The summed E-state index contributed by atoms with van der Waals surface area (Å²) in [5.74, 6) is -0.620. The fourth-order valence-electron chi connectivity index (χ4n) is 4.22. The summed E-state index contributed by atoms with van der Waals surface area (Å²) in [5, 5.41) is 0. The van der Waals surface area contributed by atoms with Gasteiger partial charge in [-0.15, -0.1) is 0 Å². The van der Waals surface area contributed by atoms with Crippen molar-refractivity contribution >= 4 is 18.0 Å². The Morgan fingerprint density at radius 3 is 2.27 bits per heavy atom. The number of rotatable bonds is 7. The monoisotopic (exact) mass is 445 g/mol. The lowest BCUT2D eigenvalue weighted by atomic mass is 9.67. The molecule has 5 nitrogen and oxygen atoms in total. The van der Waals surface area contributed by atoms with Gasteiger partial charge in [-0.05, 0) is 41.0 Å². The lowest BCUT2D eigenvalue weighted by Crippen LogP contribution is -2.65. The Bertz CT molecular complexity index is 1160. The van der Waals surface area contributed by atoms with Gasteiger partial charge in [-0.25, -0.2) is 4.39 Å². The number of ether oxygens (including phenoxy) is 2. The fraction of sp³-hybridized carbons (Fsp3) is 0.185. The van der Waals surface area contributed by atoms with E-state index in [4.69, 9.17) is 9.47 Å². The minimum absolute atomic E-state index is 0.325. The van der Waals surface area contributed by atoms with Crippen LogP contribution in [0.5, 0.6) is 5.75 Å². The van der Waals surface area contributed by atoms with E-state index in [-0.39, 0.29) is 11.7 Å². The molecule has 0 aromatic heterocycles. The van der Waals surface area contributed by atoms with E-state index in [1.54, 1.807) is 36.3 Å². The van der Waals surface area contributed by atoms with Gasteiger partial charge < -0.3 is 14.4 Å². The number of carbonyl (C=O) groups is 2. The van der Waals surface area contributed by atoms with Crippen LogP contribution in [0.25, 0.3) is 6.08 Å². The molecule has 33 heavy (non-hydrogen) atoms. The molecule has 0 saturated carbocycles. The number of hydrogen-bond acceptors (Lipinski definition) is 4. The molecule has 0 radical (unpaired) electrons. The summed E-state index contributed by atoms with van der Waals surface area (Å²) >= 11 is 0. The average Bonchev–Trinajstić information content (AvgIpc) is 2.86. The Morgan fingerprint density at radius 2 is 1.67 bits per heavy atom. The third-order valence-electron chi connectivity index (χ3n) is 5.92. The maximum Gasteiger partial charge on any atom is 0.327 e. The number of carbonyl (C=O) groups excluding carboxylic acids is 2. The van der Waals surface area contributed by atoms with Crippen LogP contribution < -0.4 is 4.74 Å². The second kappa shape index (κ2) is 9.28. The normalized spacial score (nSPS) is 19.9. The van der Waals surface area contributed by atoms with E-state index in [1.165, 1.54) is 19.2 Å². The summed E-state index contributed by atoms with van der Waals surface area (Å²) in [4.78, 5) is 28.3. The first-order chi connectivity index (χ1) is 16.0. The lowest BCUT2D eigenvalue weighted by Gasteiger charge is -2.53. The SMILES string of the molecule is COC(=O)[C@]1(/C=C/c2ccc(F)cc2)C(=O)N(Cc2ccc(OC)cc2)[C@@H]1c1ccccc1. The zero-order chi connectivity index (χ0) is 23.4. The smallest absolute Gasteiger partial charge is 0.327 e. The maximum atomic E-state index is 13.6. The second-order valence-electron chi connectivity index (χ2n) is 7.84. The first kappa shape index (κ1) is 22.3. The number of benzene rings is 3. The van der Waals surface area contributed by atoms with Gasteiger partial charge in [-0.2, -0.15) is 0 Å². The van der Waals surface area contributed by atoms with E-state index in [0.29, 0.717) is 12.1 Å². The molecular formula is C27H24FNO4. The van der Waals surface area contributed by atoms with Gasteiger partial charge in [0, 0.05) is 6.54 Å². The highest BCUT2D eigenvalue weighted by Gasteiger charge is 2.65. The number of likely N-dealkylation sites (tertiary alicyclic amines) is 1. The topological polar surface area (TPSA) is 55.8 Å². The van der Waals surface area contributed by atoms with Gasteiger partial charge in [0.15, 0.2) is 5.41 Å². The first-order valence-corrected chi connectivity index (χ1v) is 10.5. The van der Waals surface area contributed by atoms with Gasteiger partial charge >= 0.3 is 5.97 Å². The Labute approximate surface area is 192 Å². The van der Waals surface area contributed by atoms with E-state index < -0.39 is 17.4 Å². The number of halogens is 1. The van der Waals surface area contributed by atoms with Crippen LogP contribution >= 0.6 is 0 Å². The van der Waals surface area contributed by atoms with E-state index >= 15 is 0 Å². The highest BCUT2D eigenvalue weighted by Crippen LogP contribution is 2.53. The number of hydrogen-bond donors (Lipinski definition) is 0. The van der Waals surface area contributed by atoms with Crippen molar-refractivity contribution < 1.29 is 23.5 Å². The van der Waals surface area contributed by atoms with Crippen LogP contribution in [0.3, 0.4) is 0 Å². The van der Waals surface area contributed by atoms with Crippen molar-refractivity contribution in [2.45, 2.75) is 12.6 Å². The third-order valence-corrected chi connectivity index (χ3v) is 5.92. The van der Waals surface area contributed by atoms with Crippen molar-refractivity contribution in [3.63, 3.8) is 0 Å². The molecule has 1 aliphatic heterocycles. The van der Waals surface area contributed by atoms with Gasteiger partial charge in [0.2, 0.25) is 5.91 Å². The molecule has 1 amide bonds. The predicted octanol–water partition coefficient (Wildman–Crippen LogP) is 4.79. The summed E-state index contributed by atoms with van der Waals surface area (Å²) in [7, 11) is 2.87. The van der Waals surface area contributed by atoms with Crippen LogP contribution in [0.4, 0.5) is 4.39 Å². The van der Waals surface area contributed by atoms with Crippen LogP contribution in [0.1, 0.15) is 22.7 Å². The third kappa shape index (κ3) is 4.12. The van der Waals surface area contributed by atoms with Crippen molar-refractivity contribution in [2.75, 3.05) is 14.2 Å². The number of β-lactam (4-membered cyclic amide) rings is 1. The van der Waals surface area contributed by atoms with E-state index in [0.717, 1.165) is 16.9 Å². The molecule has 168 valence electrons. The Kier molecular flexibility index (Phi) is 6.27. The van der Waals surface area contributed by atoms with Gasteiger partial charge in [-0.1, -0.05) is 66.7 Å². The Hall–Kier alpha value is -3.93. The van der Waals surface area contributed by atoms with E-state index in [9.17, 15) is 14.0 Å². The maximum absolute atomic E-state index is 13.6. The largest absolute Gasteiger partial charge is 0.497 e. The molecule has 0 N–H and O–H groups in total. The van der Waals surface area contributed by atoms with Crippen molar-refractivity contribution in [3.05, 3.63) is 107 Å². The van der Waals surface area contributed by atoms with Crippen molar-refractivity contribution in [3.8, 4) is 5.75 Å². The Balaban J connectivity index is 1.74. The molecular weight excluding hydrogens is 421 g/mol. The summed E-state index contributed by atoms with van der Waals surface area (Å²) in [6.45, 7) is 0.325. The minimum atomic E-state index is -1.52. The zero-order valence-electron chi connectivity index (χ0n) is 18.4. The molecule has 2 atom stereocenters. The molecule has 0 aliphatic carbocycles. The van der Waals surface area contributed by atoms with E-state index in [1.807, 2.05) is 54.6 Å². The summed E-state index contributed by atoms with van der Waals surface area (Å²) in [5.41, 5.74) is 0.885. The van der Waals surface area contributed by atoms with Gasteiger partial charge in [-0.3, -0.25) is 9.59 Å². The molecule has 1 aliphatic rings. The summed E-state index contributed by atoms with van der Waals surface area (Å²) in [6.07, 6.45) is 3.24. The quantitative estimate of drug-likeness (QED) is 0.298. The number of esters is 1. The molecule has 3 aromatic carbocycles. The van der Waals surface area contributed by atoms with E-state index in [2.05, 4.69) is 0 Å². The van der Waals surface area contributed by atoms with Crippen LogP contribution in [0, 0.1) is 11.2 Å². The van der Waals surface area contributed by atoms with Crippen LogP contribution in [-0.2, 0) is 20.9 Å². The number of nitrogens with zero attached hydrogens (tertiary/aromatic N) is 1. The summed E-state index contributed by atoms with van der Waals surface area (Å²) in [6, 6.07) is 22.1. The molecule has 0 bridgehead atoms. The van der Waals surface area contributed by atoms with Crippen LogP contribution in [0.2, 0.25) is 0 Å². The molecule has 3 aromatic rings. The van der Waals surface area contributed by atoms with Crippen LogP contribution in [0.15, 0.2) is 84.9 Å². The first-order valence-electron chi connectivity index (χ1n) is 10.5. The van der Waals surface area contributed by atoms with Crippen LogP contribution in [-0.4, -0.2) is 31.0 Å². The van der Waals surface area contributed by atoms with Gasteiger partial charge in [0.05, 0.1) is 20.3 Å². The second-order valence-corrected chi connectivity index (χ2v) is 7.84. The van der Waals surface area contributed by atoms with Gasteiger partial charge in [0.1, 0.15) is 11.6 Å². The molecule has 1 fully saturated rings.